The number of thioether (sulfide) groups is 1. The molecule has 0 saturated heterocycles. The summed E-state index contributed by atoms with van der Waals surface area (Å²) in [6.45, 7) is 4.42. The van der Waals surface area contributed by atoms with Crippen LogP contribution in [0.25, 0.3) is 0 Å². The second-order valence-corrected chi connectivity index (χ2v) is 8.46. The predicted molar refractivity (Wildman–Crippen MR) is 98.5 cm³/mol. The van der Waals surface area contributed by atoms with Crippen LogP contribution in [0.3, 0.4) is 0 Å². The van der Waals surface area contributed by atoms with Crippen molar-refractivity contribution in [2.45, 2.75) is 44.4 Å². The largest absolute Gasteiger partial charge is 0.302 e. The SMILES string of the molecule is CCSc1ccc(CC(=O)Nc2nc3c(s2)CC(C)CC3)cc1. The number of thiazole rings is 1. The molecule has 1 unspecified atom stereocenters. The Labute approximate surface area is 145 Å². The Morgan fingerprint density at radius 3 is 2.91 bits per heavy atom. The van der Waals surface area contributed by atoms with E-state index in [0.717, 1.165) is 35.2 Å². The highest BCUT2D eigenvalue weighted by molar-refractivity contribution is 7.99. The molecule has 1 aromatic heterocycles. The average molecular weight is 347 g/mol. The molecule has 2 aromatic rings. The summed E-state index contributed by atoms with van der Waals surface area (Å²) in [7, 11) is 0. The maximum atomic E-state index is 12.2. The Kier molecular flexibility index (Phi) is 5.38. The molecule has 3 nitrogen and oxygen atoms in total. The van der Waals surface area contributed by atoms with Gasteiger partial charge < -0.3 is 5.32 Å². The van der Waals surface area contributed by atoms with Crippen LogP contribution in [0.4, 0.5) is 5.13 Å². The van der Waals surface area contributed by atoms with Gasteiger partial charge in [-0.05, 0) is 48.6 Å². The van der Waals surface area contributed by atoms with E-state index in [1.165, 1.54) is 21.9 Å². The maximum Gasteiger partial charge on any atom is 0.230 e. The summed E-state index contributed by atoms with van der Waals surface area (Å²) in [5, 5.41) is 3.72. The van der Waals surface area contributed by atoms with Crippen LogP contribution in [-0.4, -0.2) is 16.6 Å². The first kappa shape index (κ1) is 16.5. The Morgan fingerprint density at radius 1 is 1.39 bits per heavy atom. The molecule has 0 fully saturated rings. The van der Waals surface area contributed by atoms with Crippen molar-refractivity contribution in [1.29, 1.82) is 0 Å². The molecule has 3 rings (SSSR count). The Balaban J connectivity index is 1.59. The summed E-state index contributed by atoms with van der Waals surface area (Å²) in [5.74, 6) is 1.80. The molecule has 1 N–H and O–H groups in total. The van der Waals surface area contributed by atoms with Crippen molar-refractivity contribution in [3.05, 3.63) is 40.4 Å². The van der Waals surface area contributed by atoms with Gasteiger partial charge in [0.1, 0.15) is 0 Å². The minimum Gasteiger partial charge on any atom is -0.302 e. The van der Waals surface area contributed by atoms with Gasteiger partial charge in [0.15, 0.2) is 5.13 Å². The van der Waals surface area contributed by atoms with E-state index < -0.39 is 0 Å². The zero-order valence-electron chi connectivity index (χ0n) is 13.6. The monoisotopic (exact) mass is 346 g/mol. The van der Waals surface area contributed by atoms with Gasteiger partial charge in [-0.1, -0.05) is 26.0 Å². The lowest BCUT2D eigenvalue weighted by atomic mass is 9.93. The Bertz CT molecular complexity index is 679. The van der Waals surface area contributed by atoms with Gasteiger partial charge in [-0.25, -0.2) is 4.98 Å². The summed E-state index contributed by atoms with van der Waals surface area (Å²) < 4.78 is 0. The lowest BCUT2D eigenvalue weighted by Crippen LogP contribution is -2.14. The number of nitrogens with zero attached hydrogens (tertiary/aromatic N) is 1. The molecule has 122 valence electrons. The van der Waals surface area contributed by atoms with Crippen LogP contribution >= 0.6 is 23.1 Å². The quantitative estimate of drug-likeness (QED) is 0.807. The molecule has 1 amide bonds. The van der Waals surface area contributed by atoms with Gasteiger partial charge in [-0.2, -0.15) is 0 Å². The van der Waals surface area contributed by atoms with E-state index in [2.05, 4.69) is 36.3 Å². The highest BCUT2D eigenvalue weighted by atomic mass is 32.2. The number of aryl methyl sites for hydroxylation is 1. The van der Waals surface area contributed by atoms with Gasteiger partial charge in [0, 0.05) is 9.77 Å². The standard InChI is InChI=1S/C18H22N2OS2/c1-3-22-14-7-5-13(6-8-14)11-17(21)20-18-19-15-9-4-12(2)10-16(15)23-18/h5-8,12H,3-4,9-11H2,1-2H3,(H,19,20,21). The second-order valence-electron chi connectivity index (χ2n) is 6.04. The highest BCUT2D eigenvalue weighted by Crippen LogP contribution is 2.32. The number of nitrogens with one attached hydrogen (secondary N) is 1. The summed E-state index contributed by atoms with van der Waals surface area (Å²) in [4.78, 5) is 19.4. The van der Waals surface area contributed by atoms with Crippen molar-refractivity contribution in [2.75, 3.05) is 11.1 Å². The summed E-state index contributed by atoms with van der Waals surface area (Å²) in [6.07, 6.45) is 3.74. The number of carbonyl (C=O) groups excluding carboxylic acids is 1. The smallest absolute Gasteiger partial charge is 0.230 e. The van der Waals surface area contributed by atoms with E-state index in [4.69, 9.17) is 0 Å². The van der Waals surface area contributed by atoms with Crippen LogP contribution in [0.15, 0.2) is 29.2 Å². The van der Waals surface area contributed by atoms with Gasteiger partial charge in [0.05, 0.1) is 12.1 Å². The third kappa shape index (κ3) is 4.36. The van der Waals surface area contributed by atoms with Gasteiger partial charge >= 0.3 is 0 Å². The van der Waals surface area contributed by atoms with Gasteiger partial charge in [-0.15, -0.1) is 23.1 Å². The Morgan fingerprint density at radius 2 is 2.17 bits per heavy atom. The van der Waals surface area contributed by atoms with Crippen molar-refractivity contribution >= 4 is 34.1 Å². The molecule has 1 aromatic carbocycles. The number of anilines is 1. The van der Waals surface area contributed by atoms with Crippen molar-refractivity contribution in [2.24, 2.45) is 5.92 Å². The van der Waals surface area contributed by atoms with Crippen molar-refractivity contribution in [1.82, 2.24) is 4.98 Å². The zero-order valence-corrected chi connectivity index (χ0v) is 15.2. The molecule has 1 heterocycles. The molecule has 0 radical (unpaired) electrons. The van der Waals surface area contributed by atoms with E-state index in [-0.39, 0.29) is 5.91 Å². The minimum absolute atomic E-state index is 0.0139. The first-order chi connectivity index (χ1) is 11.1. The lowest BCUT2D eigenvalue weighted by molar-refractivity contribution is -0.115. The third-order valence-electron chi connectivity index (χ3n) is 4.03. The molecule has 1 aliphatic carbocycles. The van der Waals surface area contributed by atoms with Crippen LogP contribution in [0.2, 0.25) is 0 Å². The minimum atomic E-state index is 0.0139. The number of hydrogen-bond donors (Lipinski definition) is 1. The molecule has 5 heteroatoms. The van der Waals surface area contributed by atoms with Crippen LogP contribution in [0.1, 0.15) is 36.4 Å². The molecule has 23 heavy (non-hydrogen) atoms. The van der Waals surface area contributed by atoms with E-state index in [9.17, 15) is 4.79 Å². The fourth-order valence-electron chi connectivity index (χ4n) is 2.81. The fourth-order valence-corrected chi connectivity index (χ4v) is 4.66. The van der Waals surface area contributed by atoms with Crippen molar-refractivity contribution in [3.8, 4) is 0 Å². The van der Waals surface area contributed by atoms with Crippen LogP contribution in [0.5, 0.6) is 0 Å². The summed E-state index contributed by atoms with van der Waals surface area (Å²) in [6, 6.07) is 8.23. The van der Waals surface area contributed by atoms with Crippen LogP contribution < -0.4 is 5.32 Å². The molecule has 1 atom stereocenters. The van der Waals surface area contributed by atoms with Gasteiger partial charge in [0.25, 0.3) is 0 Å². The van der Waals surface area contributed by atoms with E-state index in [0.29, 0.717) is 6.42 Å². The number of benzene rings is 1. The molecule has 1 aliphatic rings. The molecule has 0 bridgehead atoms. The lowest BCUT2D eigenvalue weighted by Gasteiger charge is -2.15. The number of aromatic nitrogens is 1. The van der Waals surface area contributed by atoms with E-state index >= 15 is 0 Å². The average Bonchev–Trinajstić information content (AvgIpc) is 2.90. The maximum absolute atomic E-state index is 12.2. The number of rotatable bonds is 5. The normalized spacial score (nSPS) is 16.9. The van der Waals surface area contributed by atoms with Crippen molar-refractivity contribution < 1.29 is 4.79 Å². The number of carbonyl (C=O) groups is 1. The van der Waals surface area contributed by atoms with E-state index in [1.54, 1.807) is 11.3 Å². The van der Waals surface area contributed by atoms with Crippen LogP contribution in [0, 0.1) is 5.92 Å². The topological polar surface area (TPSA) is 42.0 Å². The first-order valence-corrected chi connectivity index (χ1v) is 9.94. The molecule has 0 aliphatic heterocycles. The predicted octanol–water partition coefficient (Wildman–Crippen LogP) is 4.56. The third-order valence-corrected chi connectivity index (χ3v) is 5.96. The molecular weight excluding hydrogens is 324 g/mol. The molecule has 0 saturated carbocycles. The number of fused-ring (bicyclic) bond motifs is 1. The highest BCUT2D eigenvalue weighted by Gasteiger charge is 2.20. The summed E-state index contributed by atoms with van der Waals surface area (Å²) in [5.41, 5.74) is 2.22. The van der Waals surface area contributed by atoms with Crippen LogP contribution in [-0.2, 0) is 24.1 Å². The van der Waals surface area contributed by atoms with Gasteiger partial charge in [0.2, 0.25) is 5.91 Å². The first-order valence-electron chi connectivity index (χ1n) is 8.14. The summed E-state index contributed by atoms with van der Waals surface area (Å²) >= 11 is 3.45. The molecular formula is C18H22N2OS2. The fraction of sp³-hybridized carbons (Fsp3) is 0.444. The number of hydrogen-bond acceptors (Lipinski definition) is 4. The van der Waals surface area contributed by atoms with E-state index in [1.807, 2.05) is 23.9 Å². The second kappa shape index (κ2) is 7.49. The Hall–Kier alpha value is -1.33. The van der Waals surface area contributed by atoms with Gasteiger partial charge in [-0.3, -0.25) is 4.79 Å². The molecule has 0 spiro atoms. The van der Waals surface area contributed by atoms with Crippen molar-refractivity contribution in [3.63, 3.8) is 0 Å². The zero-order chi connectivity index (χ0) is 16.2. The number of amides is 1.